The van der Waals surface area contributed by atoms with Crippen LogP contribution in [0.4, 0.5) is 0 Å². The van der Waals surface area contributed by atoms with E-state index >= 15 is 0 Å². The Hall–Kier alpha value is -0.120. The van der Waals surface area contributed by atoms with E-state index in [0.717, 1.165) is 13.1 Å². The van der Waals surface area contributed by atoms with Crippen LogP contribution >= 0.6 is 0 Å². The van der Waals surface area contributed by atoms with Crippen molar-refractivity contribution in [2.45, 2.75) is 40.5 Å². The summed E-state index contributed by atoms with van der Waals surface area (Å²) in [6.45, 7) is 18.5. The maximum atomic E-state index is 3.54. The lowest BCUT2D eigenvalue weighted by atomic mass is 10.3. The molecule has 0 aromatic carbocycles. The van der Waals surface area contributed by atoms with Crippen LogP contribution in [0.5, 0.6) is 0 Å². The predicted octanol–water partition coefficient (Wildman–Crippen LogP) is 2.04. The fourth-order valence-electron chi connectivity index (χ4n) is 2.06. The molecule has 0 rings (SSSR count). The minimum Gasteiger partial charge on any atom is -0.317 e. The van der Waals surface area contributed by atoms with Gasteiger partial charge >= 0.3 is 0 Å². The Bertz CT molecular complexity index is 126. The first-order chi connectivity index (χ1) is 8.28. The van der Waals surface area contributed by atoms with Crippen molar-refractivity contribution >= 4 is 0 Å². The highest BCUT2D eigenvalue weighted by Crippen LogP contribution is 1.91. The van der Waals surface area contributed by atoms with Crippen LogP contribution in [-0.4, -0.2) is 62.2 Å². The summed E-state index contributed by atoms with van der Waals surface area (Å²) in [6, 6.07) is 0. The molecule has 0 fully saturated rings. The van der Waals surface area contributed by atoms with Gasteiger partial charge in [0.05, 0.1) is 0 Å². The van der Waals surface area contributed by atoms with Crippen LogP contribution < -0.4 is 5.32 Å². The molecular formula is C14H33N3. The fourth-order valence-corrected chi connectivity index (χ4v) is 2.06. The summed E-state index contributed by atoms with van der Waals surface area (Å²) in [5.41, 5.74) is 0. The molecule has 3 heteroatoms. The number of hydrogen-bond acceptors (Lipinski definition) is 3. The van der Waals surface area contributed by atoms with Crippen LogP contribution in [0.25, 0.3) is 0 Å². The SMILES string of the molecule is CCN(CC)CCCNCCCN(CC)CC. The highest BCUT2D eigenvalue weighted by molar-refractivity contribution is 4.57. The van der Waals surface area contributed by atoms with Crippen LogP contribution in [0.3, 0.4) is 0 Å². The Morgan fingerprint density at radius 2 is 1.00 bits per heavy atom. The summed E-state index contributed by atoms with van der Waals surface area (Å²) in [4.78, 5) is 4.97. The maximum Gasteiger partial charge on any atom is -0.000687 e. The molecule has 0 unspecified atom stereocenters. The second-order valence-corrected chi connectivity index (χ2v) is 4.51. The van der Waals surface area contributed by atoms with E-state index in [2.05, 4.69) is 42.8 Å². The summed E-state index contributed by atoms with van der Waals surface area (Å²) >= 11 is 0. The monoisotopic (exact) mass is 243 g/mol. The first kappa shape index (κ1) is 16.9. The van der Waals surface area contributed by atoms with E-state index in [1.54, 1.807) is 0 Å². The standard InChI is InChI=1S/C14H33N3/c1-5-16(6-2)13-9-11-15-12-10-14-17(7-3)8-4/h15H,5-14H2,1-4H3. The first-order valence-corrected chi connectivity index (χ1v) is 7.43. The van der Waals surface area contributed by atoms with Gasteiger partial charge in [-0.05, 0) is 65.2 Å². The molecule has 0 aromatic rings. The molecule has 0 saturated heterocycles. The molecule has 0 aliphatic carbocycles. The van der Waals surface area contributed by atoms with E-state index in [9.17, 15) is 0 Å². The van der Waals surface area contributed by atoms with Crippen LogP contribution in [0.2, 0.25) is 0 Å². The molecule has 3 nitrogen and oxygen atoms in total. The van der Waals surface area contributed by atoms with Gasteiger partial charge in [0.25, 0.3) is 0 Å². The Balaban J connectivity index is 3.23. The second-order valence-electron chi connectivity index (χ2n) is 4.51. The van der Waals surface area contributed by atoms with Gasteiger partial charge < -0.3 is 15.1 Å². The van der Waals surface area contributed by atoms with E-state index < -0.39 is 0 Å². The van der Waals surface area contributed by atoms with Crippen LogP contribution in [-0.2, 0) is 0 Å². The molecule has 17 heavy (non-hydrogen) atoms. The lowest BCUT2D eigenvalue weighted by Gasteiger charge is -2.19. The van der Waals surface area contributed by atoms with Gasteiger partial charge in [0.2, 0.25) is 0 Å². The fraction of sp³-hybridized carbons (Fsp3) is 1.00. The van der Waals surface area contributed by atoms with Crippen LogP contribution in [0.15, 0.2) is 0 Å². The molecular weight excluding hydrogens is 210 g/mol. The third kappa shape index (κ3) is 9.57. The summed E-state index contributed by atoms with van der Waals surface area (Å²) in [5, 5.41) is 3.54. The zero-order chi connectivity index (χ0) is 12.9. The average molecular weight is 243 g/mol. The molecule has 0 spiro atoms. The molecule has 104 valence electrons. The van der Waals surface area contributed by atoms with Gasteiger partial charge in [-0.2, -0.15) is 0 Å². The molecule has 0 atom stereocenters. The number of nitrogens with one attached hydrogen (secondary N) is 1. The predicted molar refractivity (Wildman–Crippen MR) is 77.7 cm³/mol. The van der Waals surface area contributed by atoms with Crippen molar-refractivity contribution in [3.63, 3.8) is 0 Å². The normalized spacial score (nSPS) is 11.6. The maximum absolute atomic E-state index is 3.54. The highest BCUT2D eigenvalue weighted by atomic mass is 15.1. The zero-order valence-corrected chi connectivity index (χ0v) is 12.5. The summed E-state index contributed by atoms with van der Waals surface area (Å²) in [5.74, 6) is 0. The second kappa shape index (κ2) is 12.3. The summed E-state index contributed by atoms with van der Waals surface area (Å²) in [6.07, 6.45) is 2.54. The Kier molecular flexibility index (Phi) is 12.3. The van der Waals surface area contributed by atoms with Gasteiger partial charge in [0, 0.05) is 0 Å². The van der Waals surface area contributed by atoms with E-state index in [4.69, 9.17) is 0 Å². The quantitative estimate of drug-likeness (QED) is 0.529. The summed E-state index contributed by atoms with van der Waals surface area (Å²) in [7, 11) is 0. The smallest absolute Gasteiger partial charge is 0.000687 e. The van der Waals surface area contributed by atoms with Crippen molar-refractivity contribution in [3.05, 3.63) is 0 Å². The van der Waals surface area contributed by atoms with Crippen molar-refractivity contribution in [3.8, 4) is 0 Å². The topological polar surface area (TPSA) is 18.5 Å². The van der Waals surface area contributed by atoms with Crippen LogP contribution in [0.1, 0.15) is 40.5 Å². The van der Waals surface area contributed by atoms with Crippen molar-refractivity contribution in [1.82, 2.24) is 15.1 Å². The molecule has 0 amide bonds. The van der Waals surface area contributed by atoms with Crippen molar-refractivity contribution in [1.29, 1.82) is 0 Å². The Morgan fingerprint density at radius 3 is 1.29 bits per heavy atom. The molecule has 1 N–H and O–H groups in total. The van der Waals surface area contributed by atoms with Crippen molar-refractivity contribution in [2.24, 2.45) is 0 Å². The molecule has 0 radical (unpaired) electrons. The molecule has 0 heterocycles. The summed E-state index contributed by atoms with van der Waals surface area (Å²) < 4.78 is 0. The average Bonchev–Trinajstić information content (AvgIpc) is 2.37. The van der Waals surface area contributed by atoms with E-state index in [1.807, 2.05) is 0 Å². The van der Waals surface area contributed by atoms with E-state index in [1.165, 1.54) is 52.1 Å². The lowest BCUT2D eigenvalue weighted by Crippen LogP contribution is -2.29. The zero-order valence-electron chi connectivity index (χ0n) is 12.5. The van der Waals surface area contributed by atoms with Gasteiger partial charge in [-0.25, -0.2) is 0 Å². The number of hydrogen-bond donors (Lipinski definition) is 1. The van der Waals surface area contributed by atoms with Crippen molar-refractivity contribution in [2.75, 3.05) is 52.4 Å². The van der Waals surface area contributed by atoms with Gasteiger partial charge in [-0.3, -0.25) is 0 Å². The molecule has 0 aromatic heterocycles. The molecule has 0 bridgehead atoms. The number of rotatable bonds is 12. The largest absolute Gasteiger partial charge is 0.317 e. The van der Waals surface area contributed by atoms with Crippen molar-refractivity contribution < 1.29 is 0 Å². The third-order valence-electron chi connectivity index (χ3n) is 3.44. The first-order valence-electron chi connectivity index (χ1n) is 7.43. The van der Waals surface area contributed by atoms with Gasteiger partial charge in [0.1, 0.15) is 0 Å². The Morgan fingerprint density at radius 1 is 0.647 bits per heavy atom. The number of nitrogens with zero attached hydrogens (tertiary/aromatic N) is 2. The van der Waals surface area contributed by atoms with Gasteiger partial charge in [-0.1, -0.05) is 27.7 Å². The molecule has 0 saturated carbocycles. The highest BCUT2D eigenvalue weighted by Gasteiger charge is 1.99. The van der Waals surface area contributed by atoms with E-state index in [0.29, 0.717) is 0 Å². The Labute approximate surface area is 109 Å². The minimum atomic E-state index is 1.16. The van der Waals surface area contributed by atoms with Gasteiger partial charge in [-0.15, -0.1) is 0 Å². The van der Waals surface area contributed by atoms with Gasteiger partial charge in [0.15, 0.2) is 0 Å². The lowest BCUT2D eigenvalue weighted by molar-refractivity contribution is 0.290. The molecule has 0 aliphatic rings. The molecule has 0 aliphatic heterocycles. The minimum absolute atomic E-state index is 1.16. The van der Waals surface area contributed by atoms with E-state index in [-0.39, 0.29) is 0 Å². The van der Waals surface area contributed by atoms with Crippen LogP contribution in [0, 0.1) is 0 Å². The third-order valence-corrected chi connectivity index (χ3v) is 3.44.